The number of rotatable bonds is 5. The average molecular weight is 555 g/mol. The molecule has 5 rings (SSSR count). The molecule has 0 amide bonds. The maximum atomic E-state index is 4.51. The predicted molar refractivity (Wildman–Crippen MR) is 144 cm³/mol. The Hall–Kier alpha value is -2.72. The molecule has 172 valence electrons. The topological polar surface area (TPSA) is 61.1 Å². The Kier molecular flexibility index (Phi) is 7.77. The van der Waals surface area contributed by atoms with Crippen molar-refractivity contribution in [3.05, 3.63) is 78.2 Å². The largest absolute Gasteiger partial charge is 0.356 e. The summed E-state index contributed by atoms with van der Waals surface area (Å²) in [6, 6.07) is 21.2. The third-order valence-electron chi connectivity index (χ3n) is 6.17. The Balaban J connectivity index is 0.00000259. The molecule has 0 bridgehead atoms. The van der Waals surface area contributed by atoms with E-state index in [0.717, 1.165) is 63.1 Å². The maximum absolute atomic E-state index is 4.51. The van der Waals surface area contributed by atoms with E-state index in [1.165, 1.54) is 16.3 Å². The van der Waals surface area contributed by atoms with Crippen LogP contribution in [0.2, 0.25) is 0 Å². The van der Waals surface area contributed by atoms with E-state index in [0.29, 0.717) is 0 Å². The summed E-state index contributed by atoms with van der Waals surface area (Å²) in [4.78, 5) is 9.40. The lowest BCUT2D eigenvalue weighted by Gasteiger charge is -2.36. The van der Waals surface area contributed by atoms with Crippen LogP contribution in [0.25, 0.3) is 16.4 Å². The van der Waals surface area contributed by atoms with Crippen molar-refractivity contribution in [3.8, 4) is 0 Å². The van der Waals surface area contributed by atoms with E-state index in [1.807, 2.05) is 35.8 Å². The molecule has 0 unspecified atom stereocenters. The van der Waals surface area contributed by atoms with E-state index < -0.39 is 0 Å². The van der Waals surface area contributed by atoms with E-state index in [2.05, 4.69) is 72.8 Å². The highest BCUT2D eigenvalue weighted by Gasteiger charge is 2.20. The normalized spacial score (nSPS) is 15.1. The van der Waals surface area contributed by atoms with Gasteiger partial charge in [0.15, 0.2) is 11.6 Å². The highest BCUT2D eigenvalue weighted by atomic mass is 127. The van der Waals surface area contributed by atoms with E-state index in [-0.39, 0.29) is 24.0 Å². The fourth-order valence-corrected chi connectivity index (χ4v) is 4.47. The molecule has 0 aliphatic carbocycles. The summed E-state index contributed by atoms with van der Waals surface area (Å²) in [5.74, 6) is 1.92. The molecule has 8 heteroatoms. The van der Waals surface area contributed by atoms with Crippen molar-refractivity contribution in [3.63, 3.8) is 0 Å². The summed E-state index contributed by atoms with van der Waals surface area (Å²) in [5.41, 5.74) is 2.29. The lowest BCUT2D eigenvalue weighted by Crippen LogP contribution is -2.52. The smallest absolute Gasteiger partial charge is 0.193 e. The zero-order chi connectivity index (χ0) is 21.8. The quantitative estimate of drug-likeness (QED) is 0.232. The van der Waals surface area contributed by atoms with Crippen LogP contribution in [0.5, 0.6) is 0 Å². The molecule has 7 nitrogen and oxygen atoms in total. The van der Waals surface area contributed by atoms with Gasteiger partial charge in [-0.1, -0.05) is 48.5 Å². The standard InChI is InChI=1S/C25H29N7.HI/c1-26-25(27-13-12-24-29-28-23-11-4-5-14-32(23)24)31-17-15-30(16-18-31)19-21-9-6-8-20-7-2-3-10-22(20)21;/h2-11,14H,12-13,15-19H2,1H3,(H,26,27);1H. The number of nitrogens with one attached hydrogen (secondary N) is 1. The first kappa shape index (κ1) is 23.4. The van der Waals surface area contributed by atoms with Crippen LogP contribution >= 0.6 is 24.0 Å². The second-order valence-corrected chi connectivity index (χ2v) is 8.17. The van der Waals surface area contributed by atoms with E-state index >= 15 is 0 Å². The number of pyridine rings is 1. The highest BCUT2D eigenvalue weighted by Crippen LogP contribution is 2.20. The number of guanidine groups is 1. The van der Waals surface area contributed by atoms with E-state index in [4.69, 9.17) is 0 Å². The van der Waals surface area contributed by atoms with E-state index in [9.17, 15) is 0 Å². The van der Waals surface area contributed by atoms with Crippen LogP contribution in [0.15, 0.2) is 71.9 Å². The van der Waals surface area contributed by atoms with Gasteiger partial charge in [-0.05, 0) is 28.5 Å². The van der Waals surface area contributed by atoms with Crippen molar-refractivity contribution < 1.29 is 0 Å². The van der Waals surface area contributed by atoms with E-state index in [1.54, 1.807) is 0 Å². The fraction of sp³-hybridized carbons (Fsp3) is 0.320. The minimum atomic E-state index is 0. The van der Waals surface area contributed by atoms with Gasteiger partial charge in [0.1, 0.15) is 5.82 Å². The number of halogens is 1. The second kappa shape index (κ2) is 10.9. The first-order valence-electron chi connectivity index (χ1n) is 11.2. The minimum absolute atomic E-state index is 0. The highest BCUT2D eigenvalue weighted by molar-refractivity contribution is 14.0. The summed E-state index contributed by atoms with van der Waals surface area (Å²) in [6.45, 7) is 5.76. The Morgan fingerprint density at radius 2 is 1.73 bits per heavy atom. The van der Waals surface area contributed by atoms with Crippen LogP contribution in [0.1, 0.15) is 11.4 Å². The Labute approximate surface area is 211 Å². The third kappa shape index (κ3) is 5.27. The zero-order valence-corrected chi connectivity index (χ0v) is 21.2. The molecule has 1 aliphatic rings. The number of benzene rings is 2. The number of hydrogen-bond acceptors (Lipinski definition) is 4. The van der Waals surface area contributed by atoms with Crippen LogP contribution in [0.3, 0.4) is 0 Å². The van der Waals surface area contributed by atoms with Crippen LogP contribution in [0.4, 0.5) is 0 Å². The number of nitrogens with zero attached hydrogens (tertiary/aromatic N) is 6. The van der Waals surface area contributed by atoms with Gasteiger partial charge in [-0.3, -0.25) is 14.3 Å². The Morgan fingerprint density at radius 1 is 0.939 bits per heavy atom. The molecule has 0 spiro atoms. The Morgan fingerprint density at radius 3 is 2.58 bits per heavy atom. The summed E-state index contributed by atoms with van der Waals surface area (Å²) in [7, 11) is 1.86. The van der Waals surface area contributed by atoms with Crippen molar-refractivity contribution in [2.24, 2.45) is 4.99 Å². The van der Waals surface area contributed by atoms with Gasteiger partial charge < -0.3 is 10.2 Å². The molecule has 0 atom stereocenters. The van der Waals surface area contributed by atoms with Gasteiger partial charge in [0, 0.05) is 58.9 Å². The van der Waals surface area contributed by atoms with Gasteiger partial charge in [-0.25, -0.2) is 0 Å². The summed E-state index contributed by atoms with van der Waals surface area (Å²) in [6.07, 6.45) is 2.81. The minimum Gasteiger partial charge on any atom is -0.356 e. The van der Waals surface area contributed by atoms with Crippen molar-refractivity contribution in [1.82, 2.24) is 29.7 Å². The van der Waals surface area contributed by atoms with Crippen LogP contribution < -0.4 is 5.32 Å². The van der Waals surface area contributed by atoms with Crippen LogP contribution in [-0.4, -0.2) is 70.1 Å². The van der Waals surface area contributed by atoms with Gasteiger partial charge in [0.25, 0.3) is 0 Å². The lowest BCUT2D eigenvalue weighted by molar-refractivity contribution is 0.173. The van der Waals surface area contributed by atoms with Crippen molar-refractivity contribution in [1.29, 1.82) is 0 Å². The summed E-state index contributed by atoms with van der Waals surface area (Å²) >= 11 is 0. The van der Waals surface area contributed by atoms with Crippen LogP contribution in [-0.2, 0) is 13.0 Å². The van der Waals surface area contributed by atoms with Crippen molar-refractivity contribution >= 4 is 46.4 Å². The molecule has 3 heterocycles. The summed E-state index contributed by atoms with van der Waals surface area (Å²) in [5, 5.41) is 14.7. The maximum Gasteiger partial charge on any atom is 0.193 e. The number of hydrogen-bond donors (Lipinski definition) is 1. The molecule has 2 aromatic heterocycles. The molecule has 1 saturated heterocycles. The molecular weight excluding hydrogens is 525 g/mol. The van der Waals surface area contributed by atoms with Gasteiger partial charge in [-0.15, -0.1) is 34.2 Å². The molecule has 4 aromatic rings. The first-order chi connectivity index (χ1) is 15.8. The Bertz CT molecular complexity index is 1220. The average Bonchev–Trinajstić information content (AvgIpc) is 3.26. The number of fused-ring (bicyclic) bond motifs is 2. The van der Waals surface area contributed by atoms with Gasteiger partial charge in [-0.2, -0.15) is 0 Å². The lowest BCUT2D eigenvalue weighted by atomic mass is 10.0. The second-order valence-electron chi connectivity index (χ2n) is 8.17. The molecule has 0 radical (unpaired) electrons. The fourth-order valence-electron chi connectivity index (χ4n) is 4.47. The van der Waals surface area contributed by atoms with Crippen molar-refractivity contribution in [2.45, 2.75) is 13.0 Å². The van der Waals surface area contributed by atoms with Gasteiger partial charge in [0.2, 0.25) is 0 Å². The molecular formula is C25H30IN7. The molecule has 33 heavy (non-hydrogen) atoms. The first-order valence-corrected chi connectivity index (χ1v) is 11.2. The third-order valence-corrected chi connectivity index (χ3v) is 6.17. The number of aliphatic imine (C=N–C) groups is 1. The van der Waals surface area contributed by atoms with Gasteiger partial charge in [0.05, 0.1) is 0 Å². The number of aromatic nitrogens is 3. The van der Waals surface area contributed by atoms with Crippen LogP contribution in [0, 0.1) is 0 Å². The van der Waals surface area contributed by atoms with Crippen molar-refractivity contribution in [2.75, 3.05) is 39.8 Å². The molecule has 1 N–H and O–H groups in total. The number of piperazine rings is 1. The molecule has 0 saturated carbocycles. The monoisotopic (exact) mass is 555 g/mol. The van der Waals surface area contributed by atoms with Gasteiger partial charge >= 0.3 is 0 Å². The molecule has 2 aromatic carbocycles. The zero-order valence-electron chi connectivity index (χ0n) is 18.9. The molecule has 1 fully saturated rings. The summed E-state index contributed by atoms with van der Waals surface area (Å²) < 4.78 is 2.04. The molecule has 1 aliphatic heterocycles. The SMILES string of the molecule is CN=C(NCCc1nnc2ccccn12)N1CCN(Cc2cccc3ccccc23)CC1.I. The predicted octanol–water partition coefficient (Wildman–Crippen LogP) is 3.44.